The number of hydrogen-bond donors (Lipinski definition) is 0. The highest BCUT2D eigenvalue weighted by Crippen LogP contribution is 2.19. The largest absolute Gasteiger partial charge is 0.461 e. The molecule has 0 aliphatic rings. The average molecular weight is 304 g/mol. The molecule has 1 aromatic carbocycles. The number of carbonyl (C=O) groups excluding carboxylic acids is 1. The maximum absolute atomic E-state index is 11.4. The number of benzene rings is 1. The molecule has 118 valence electrons. The fourth-order valence-electron chi connectivity index (χ4n) is 2.02. The number of hydrogen-bond acceptors (Lipinski definition) is 5. The van der Waals surface area contributed by atoms with Crippen LogP contribution in [0.1, 0.15) is 19.4 Å². The van der Waals surface area contributed by atoms with Gasteiger partial charge in [-0.05, 0) is 25.5 Å². The highest BCUT2D eigenvalue weighted by atomic mass is 16.6. The molecule has 6 nitrogen and oxygen atoms in total. The zero-order chi connectivity index (χ0) is 16.5. The van der Waals surface area contributed by atoms with Crippen molar-refractivity contribution in [2.24, 2.45) is 0 Å². The van der Waals surface area contributed by atoms with Crippen molar-refractivity contribution in [2.75, 3.05) is 20.2 Å². The molecule has 0 unspecified atom stereocenters. The van der Waals surface area contributed by atoms with Crippen LogP contribution in [-0.4, -0.2) is 36.0 Å². The first kappa shape index (κ1) is 17.4. The van der Waals surface area contributed by atoms with Crippen LogP contribution >= 0.6 is 0 Å². The first-order valence-electron chi connectivity index (χ1n) is 7.00. The summed E-state index contributed by atoms with van der Waals surface area (Å²) < 4.78 is 4.43. The molecule has 0 saturated heterocycles. The summed E-state index contributed by atoms with van der Waals surface area (Å²) in [6, 6.07) is 9.52. The first-order chi connectivity index (χ1) is 10.5. The third-order valence-corrected chi connectivity index (χ3v) is 3.16. The molecule has 0 aliphatic heterocycles. The summed E-state index contributed by atoms with van der Waals surface area (Å²) in [6.07, 6.45) is 2.77. The van der Waals surface area contributed by atoms with Crippen LogP contribution in [-0.2, 0) is 9.53 Å². The number of esters is 1. The molecule has 0 aliphatic carbocycles. The Hall–Kier alpha value is -2.63. The third-order valence-electron chi connectivity index (χ3n) is 3.16. The molecular formula is C16H20N2O4. The Bertz CT molecular complexity index is 575. The Labute approximate surface area is 129 Å². The molecule has 0 spiro atoms. The number of nitro groups is 1. The monoisotopic (exact) mass is 304 g/mol. The van der Waals surface area contributed by atoms with E-state index >= 15 is 0 Å². The number of methoxy groups -OCH3 is 1. The predicted molar refractivity (Wildman–Crippen MR) is 84.4 cm³/mol. The summed E-state index contributed by atoms with van der Waals surface area (Å²) in [4.78, 5) is 23.7. The van der Waals surface area contributed by atoms with E-state index in [2.05, 4.69) is 9.64 Å². The van der Waals surface area contributed by atoms with Crippen molar-refractivity contribution in [1.29, 1.82) is 0 Å². The van der Waals surface area contributed by atoms with Crippen LogP contribution in [0.25, 0.3) is 5.70 Å². The van der Waals surface area contributed by atoms with Crippen LogP contribution in [0, 0.1) is 10.1 Å². The second-order valence-corrected chi connectivity index (χ2v) is 4.39. The minimum atomic E-state index is -0.965. The second kappa shape index (κ2) is 8.61. The van der Waals surface area contributed by atoms with E-state index in [0.717, 1.165) is 31.5 Å². The van der Waals surface area contributed by atoms with Gasteiger partial charge in [0.05, 0.1) is 12.0 Å². The van der Waals surface area contributed by atoms with Gasteiger partial charge in [-0.15, -0.1) is 0 Å². The quantitative estimate of drug-likeness (QED) is 0.254. The van der Waals surface area contributed by atoms with Crippen molar-refractivity contribution < 1.29 is 14.5 Å². The van der Waals surface area contributed by atoms with Gasteiger partial charge in [-0.3, -0.25) is 10.1 Å². The van der Waals surface area contributed by atoms with E-state index in [4.69, 9.17) is 0 Å². The lowest BCUT2D eigenvalue weighted by Gasteiger charge is -2.24. The maximum atomic E-state index is 11.4. The Kier molecular flexibility index (Phi) is 6.82. The molecule has 1 aromatic rings. The van der Waals surface area contributed by atoms with E-state index < -0.39 is 16.6 Å². The van der Waals surface area contributed by atoms with Gasteiger partial charge in [-0.1, -0.05) is 30.3 Å². The van der Waals surface area contributed by atoms with Crippen molar-refractivity contribution in [2.45, 2.75) is 13.8 Å². The van der Waals surface area contributed by atoms with Gasteiger partial charge in [0, 0.05) is 24.9 Å². The smallest absolute Gasteiger partial charge is 0.409 e. The molecule has 6 heteroatoms. The molecule has 0 saturated carbocycles. The Balaban J connectivity index is 3.31. The molecule has 0 atom stereocenters. The standard InChI is InChI=1S/C16H20N2O4/c1-4-17(5-2)14(13-9-7-6-8-10-13)11-12-15(18(20)21)16(19)22-3/h6-12H,4-5H2,1-3H3/b14-11+,15-12+. The molecule has 0 heterocycles. The minimum absolute atomic E-state index is 0.594. The summed E-state index contributed by atoms with van der Waals surface area (Å²) >= 11 is 0. The van der Waals surface area contributed by atoms with E-state index in [-0.39, 0.29) is 0 Å². The zero-order valence-corrected chi connectivity index (χ0v) is 13.0. The number of nitrogens with zero attached hydrogens (tertiary/aromatic N) is 2. The van der Waals surface area contributed by atoms with Gasteiger partial charge in [0.2, 0.25) is 0 Å². The number of rotatable bonds is 7. The summed E-state index contributed by atoms with van der Waals surface area (Å²) in [5.74, 6) is -0.965. The van der Waals surface area contributed by atoms with Gasteiger partial charge < -0.3 is 9.64 Å². The van der Waals surface area contributed by atoms with Crippen molar-refractivity contribution in [3.8, 4) is 0 Å². The van der Waals surface area contributed by atoms with Crippen molar-refractivity contribution in [1.82, 2.24) is 4.90 Å². The second-order valence-electron chi connectivity index (χ2n) is 4.39. The lowest BCUT2D eigenvalue weighted by Crippen LogP contribution is -2.21. The van der Waals surface area contributed by atoms with Gasteiger partial charge in [0.25, 0.3) is 0 Å². The molecular weight excluding hydrogens is 284 g/mol. The minimum Gasteiger partial charge on any atom is -0.461 e. The van der Waals surface area contributed by atoms with Gasteiger partial charge >= 0.3 is 11.7 Å². The lowest BCUT2D eigenvalue weighted by molar-refractivity contribution is -0.421. The van der Waals surface area contributed by atoms with Gasteiger partial charge in [-0.25, -0.2) is 4.79 Å². The fraction of sp³-hybridized carbons (Fsp3) is 0.312. The van der Waals surface area contributed by atoms with E-state index in [9.17, 15) is 14.9 Å². The molecule has 0 fully saturated rings. The summed E-state index contributed by atoms with van der Waals surface area (Å²) in [6.45, 7) is 5.49. The molecule has 0 N–H and O–H groups in total. The van der Waals surface area contributed by atoms with E-state index in [1.54, 1.807) is 6.08 Å². The molecule has 0 amide bonds. The normalized spacial score (nSPS) is 12.0. The van der Waals surface area contributed by atoms with Crippen LogP contribution < -0.4 is 0 Å². The average Bonchev–Trinajstić information content (AvgIpc) is 2.54. The molecule has 0 bridgehead atoms. The first-order valence-corrected chi connectivity index (χ1v) is 7.00. The van der Waals surface area contributed by atoms with Crippen molar-refractivity contribution >= 4 is 11.7 Å². The van der Waals surface area contributed by atoms with Gasteiger partial charge in [0.1, 0.15) is 0 Å². The topological polar surface area (TPSA) is 72.7 Å². The third kappa shape index (κ3) is 4.44. The molecule has 1 rings (SSSR count). The molecule has 0 aromatic heterocycles. The highest BCUT2D eigenvalue weighted by Gasteiger charge is 2.21. The Morgan fingerprint density at radius 3 is 2.27 bits per heavy atom. The van der Waals surface area contributed by atoms with Crippen LogP contribution in [0.4, 0.5) is 0 Å². The summed E-state index contributed by atoms with van der Waals surface area (Å²) in [5.41, 5.74) is 1.15. The Morgan fingerprint density at radius 2 is 1.82 bits per heavy atom. The van der Waals surface area contributed by atoms with Crippen molar-refractivity contribution in [3.05, 3.63) is 63.9 Å². The van der Waals surface area contributed by atoms with Crippen LogP contribution in [0.15, 0.2) is 48.2 Å². The summed E-state index contributed by atoms with van der Waals surface area (Å²) in [7, 11) is 1.12. The number of allylic oxidation sites excluding steroid dienone is 2. The van der Waals surface area contributed by atoms with E-state index in [0.29, 0.717) is 0 Å². The van der Waals surface area contributed by atoms with Gasteiger partial charge in [-0.2, -0.15) is 0 Å². The van der Waals surface area contributed by atoms with Gasteiger partial charge in [0.15, 0.2) is 0 Å². The van der Waals surface area contributed by atoms with E-state index in [1.807, 2.05) is 44.2 Å². The van der Waals surface area contributed by atoms with Crippen LogP contribution in [0.3, 0.4) is 0 Å². The predicted octanol–water partition coefficient (Wildman–Crippen LogP) is 2.70. The van der Waals surface area contributed by atoms with Crippen LogP contribution in [0.2, 0.25) is 0 Å². The molecule has 0 radical (unpaired) electrons. The zero-order valence-electron chi connectivity index (χ0n) is 13.0. The SMILES string of the molecule is CCN(CC)/C(=C/C=C(\C(=O)OC)[N+](=O)[O-])c1ccccc1. The maximum Gasteiger partial charge on any atom is 0.409 e. The van der Waals surface area contributed by atoms with Crippen molar-refractivity contribution in [3.63, 3.8) is 0 Å². The lowest BCUT2D eigenvalue weighted by atomic mass is 10.1. The summed E-state index contributed by atoms with van der Waals surface area (Å²) in [5, 5.41) is 11.0. The number of ether oxygens (including phenoxy) is 1. The van der Waals surface area contributed by atoms with Crippen LogP contribution in [0.5, 0.6) is 0 Å². The highest BCUT2D eigenvalue weighted by molar-refractivity contribution is 5.86. The molecule has 22 heavy (non-hydrogen) atoms. The fourth-order valence-corrected chi connectivity index (χ4v) is 2.02. The van der Waals surface area contributed by atoms with E-state index in [1.165, 1.54) is 6.08 Å². The number of carbonyl (C=O) groups is 1. The Morgan fingerprint density at radius 1 is 1.23 bits per heavy atom.